The molecule has 0 bridgehead atoms. The van der Waals surface area contributed by atoms with Gasteiger partial charge in [-0.05, 0) is 40.7 Å². The van der Waals surface area contributed by atoms with Crippen LogP contribution in [0.1, 0.15) is 47.1 Å². The van der Waals surface area contributed by atoms with Crippen LogP contribution in [0.25, 0.3) is 0 Å². The summed E-state index contributed by atoms with van der Waals surface area (Å²) in [5.74, 6) is -1.05. The predicted molar refractivity (Wildman–Crippen MR) is 93.6 cm³/mol. The van der Waals surface area contributed by atoms with E-state index in [9.17, 15) is 14.7 Å². The van der Waals surface area contributed by atoms with E-state index in [1.165, 1.54) is 4.90 Å². The van der Waals surface area contributed by atoms with Crippen LogP contribution in [0.15, 0.2) is 24.3 Å². The molecule has 1 aliphatic heterocycles. The molecule has 1 N–H and O–H groups in total. The molecule has 6 nitrogen and oxygen atoms in total. The zero-order chi connectivity index (χ0) is 19.0. The van der Waals surface area contributed by atoms with Gasteiger partial charge in [0.25, 0.3) is 0 Å². The highest BCUT2D eigenvalue weighted by Gasteiger charge is 2.57. The zero-order valence-electron chi connectivity index (χ0n) is 15.7. The van der Waals surface area contributed by atoms with Gasteiger partial charge in [-0.1, -0.05) is 25.1 Å². The van der Waals surface area contributed by atoms with Crippen molar-refractivity contribution in [3.63, 3.8) is 0 Å². The van der Waals surface area contributed by atoms with E-state index in [2.05, 4.69) is 0 Å². The number of fused-ring (bicyclic) bond motifs is 1. The van der Waals surface area contributed by atoms with E-state index < -0.39 is 29.1 Å². The Bertz CT molecular complexity index is 664. The molecule has 2 atom stereocenters. The lowest BCUT2D eigenvalue weighted by atomic mass is 9.75. The molecule has 25 heavy (non-hydrogen) atoms. The smallest absolute Gasteiger partial charge is 0.411 e. The Hall–Kier alpha value is -2.24. The number of amides is 1. The van der Waals surface area contributed by atoms with Crippen molar-refractivity contribution in [3.8, 4) is 5.75 Å². The van der Waals surface area contributed by atoms with E-state index in [0.29, 0.717) is 11.3 Å². The summed E-state index contributed by atoms with van der Waals surface area (Å²) in [6, 6.07) is 6.60. The minimum Gasteiger partial charge on any atom is -0.493 e. The van der Waals surface area contributed by atoms with Gasteiger partial charge in [0.2, 0.25) is 0 Å². The zero-order valence-corrected chi connectivity index (χ0v) is 15.7. The Balaban J connectivity index is 2.69. The number of hydrogen-bond donors (Lipinski definition) is 1. The first-order valence-electron chi connectivity index (χ1n) is 8.49. The molecular formula is C19H27NO5. The first-order chi connectivity index (χ1) is 11.5. The number of rotatable bonds is 3. The van der Waals surface area contributed by atoms with Gasteiger partial charge in [0.1, 0.15) is 11.4 Å². The van der Waals surface area contributed by atoms with Crippen molar-refractivity contribution in [2.45, 2.75) is 58.7 Å². The Morgan fingerprint density at radius 1 is 1.32 bits per heavy atom. The monoisotopic (exact) mass is 349 g/mol. The van der Waals surface area contributed by atoms with Crippen LogP contribution in [0, 0.1) is 5.92 Å². The number of para-hydroxylation sites is 1. The van der Waals surface area contributed by atoms with Crippen LogP contribution in [0.3, 0.4) is 0 Å². The fraction of sp³-hybridized carbons (Fsp3) is 0.579. The van der Waals surface area contributed by atoms with Gasteiger partial charge in [-0.15, -0.1) is 0 Å². The van der Waals surface area contributed by atoms with Gasteiger partial charge in [0.05, 0.1) is 6.61 Å². The molecule has 1 aliphatic rings. The summed E-state index contributed by atoms with van der Waals surface area (Å²) in [5, 5.41) is 10.3. The van der Waals surface area contributed by atoms with Crippen LogP contribution in [0.4, 0.5) is 4.79 Å². The van der Waals surface area contributed by atoms with Gasteiger partial charge < -0.3 is 14.6 Å². The Morgan fingerprint density at radius 2 is 1.92 bits per heavy atom. The van der Waals surface area contributed by atoms with Crippen LogP contribution >= 0.6 is 0 Å². The molecule has 6 heteroatoms. The average molecular weight is 349 g/mol. The molecule has 1 amide bonds. The quantitative estimate of drug-likeness (QED) is 0.901. The number of carbonyl (C=O) groups is 2. The normalized spacial score (nSPS) is 22.8. The highest BCUT2D eigenvalue weighted by molar-refractivity contribution is 5.88. The van der Waals surface area contributed by atoms with Crippen LogP contribution in [0.5, 0.6) is 5.75 Å². The van der Waals surface area contributed by atoms with Crippen molar-refractivity contribution < 1.29 is 24.2 Å². The van der Waals surface area contributed by atoms with Crippen molar-refractivity contribution in [1.82, 2.24) is 4.90 Å². The lowest BCUT2D eigenvalue weighted by Gasteiger charge is -2.49. The van der Waals surface area contributed by atoms with Crippen molar-refractivity contribution in [1.29, 1.82) is 0 Å². The van der Waals surface area contributed by atoms with Crippen molar-refractivity contribution in [3.05, 3.63) is 29.8 Å². The van der Waals surface area contributed by atoms with Gasteiger partial charge in [-0.3, -0.25) is 4.90 Å². The second kappa shape index (κ2) is 6.58. The lowest BCUT2D eigenvalue weighted by molar-refractivity contribution is -0.161. The topological polar surface area (TPSA) is 76.1 Å². The standard InChI is InChI=1S/C19H27NO5/c1-12(2)20(17(23)25-18(4,5)6)19(16(21)22)13(3)11-24-15-10-8-7-9-14(15)19/h7-10,12-13H,11H2,1-6H3,(H,21,22). The largest absolute Gasteiger partial charge is 0.493 e. The molecule has 1 aromatic rings. The molecule has 0 fully saturated rings. The molecule has 0 aromatic heterocycles. The number of carboxylic acids is 1. The summed E-state index contributed by atoms with van der Waals surface area (Å²) in [4.78, 5) is 26.9. The van der Waals surface area contributed by atoms with Crippen LogP contribution in [0.2, 0.25) is 0 Å². The summed E-state index contributed by atoms with van der Waals surface area (Å²) >= 11 is 0. The Kier molecular flexibility index (Phi) is 5.02. The molecule has 0 radical (unpaired) electrons. The van der Waals surface area contributed by atoms with Crippen LogP contribution in [-0.4, -0.2) is 40.3 Å². The highest BCUT2D eigenvalue weighted by Crippen LogP contribution is 2.46. The van der Waals surface area contributed by atoms with E-state index in [4.69, 9.17) is 9.47 Å². The van der Waals surface area contributed by atoms with E-state index in [0.717, 1.165) is 0 Å². The molecule has 1 heterocycles. The van der Waals surface area contributed by atoms with Crippen LogP contribution < -0.4 is 4.74 Å². The summed E-state index contributed by atoms with van der Waals surface area (Å²) in [6.45, 7) is 10.9. The van der Waals surface area contributed by atoms with Gasteiger partial charge >= 0.3 is 12.1 Å². The maximum absolute atomic E-state index is 13.0. The first kappa shape index (κ1) is 19.1. The number of carbonyl (C=O) groups excluding carboxylic acids is 1. The van der Waals surface area contributed by atoms with Crippen molar-refractivity contribution in [2.24, 2.45) is 5.92 Å². The maximum atomic E-state index is 13.0. The average Bonchev–Trinajstić information content (AvgIpc) is 2.47. The Morgan fingerprint density at radius 3 is 2.44 bits per heavy atom. The number of ether oxygens (including phenoxy) is 2. The summed E-state index contributed by atoms with van der Waals surface area (Å²) in [5.41, 5.74) is -1.80. The number of carboxylic acid groups (broad SMARTS) is 1. The number of aliphatic carboxylic acids is 1. The minimum absolute atomic E-state index is 0.204. The van der Waals surface area contributed by atoms with Gasteiger partial charge in [-0.25, -0.2) is 9.59 Å². The van der Waals surface area contributed by atoms with E-state index >= 15 is 0 Å². The number of nitrogens with zero attached hydrogens (tertiary/aromatic N) is 1. The fourth-order valence-corrected chi connectivity index (χ4v) is 3.38. The van der Waals surface area contributed by atoms with Crippen molar-refractivity contribution in [2.75, 3.05) is 6.61 Å². The molecular weight excluding hydrogens is 322 g/mol. The molecule has 0 saturated heterocycles. The lowest BCUT2D eigenvalue weighted by Crippen LogP contribution is -2.63. The molecule has 2 rings (SSSR count). The number of benzene rings is 1. The molecule has 0 spiro atoms. The van der Waals surface area contributed by atoms with Crippen LogP contribution in [-0.2, 0) is 15.1 Å². The predicted octanol–water partition coefficient (Wildman–Crippen LogP) is 3.64. The van der Waals surface area contributed by atoms with Gasteiger partial charge in [-0.2, -0.15) is 0 Å². The molecule has 1 aromatic carbocycles. The summed E-state index contributed by atoms with van der Waals surface area (Å²) in [6.07, 6.45) is -0.645. The maximum Gasteiger partial charge on any atom is 0.411 e. The second-order valence-corrected chi connectivity index (χ2v) is 7.72. The third kappa shape index (κ3) is 3.30. The van der Waals surface area contributed by atoms with Crippen molar-refractivity contribution >= 4 is 12.1 Å². The molecule has 0 aliphatic carbocycles. The molecule has 138 valence electrons. The SMILES string of the molecule is CC(C)N(C(=O)OC(C)(C)C)C1(C(=O)O)c2ccccc2OCC1C. The van der Waals surface area contributed by atoms with E-state index in [1.54, 1.807) is 65.8 Å². The third-order valence-electron chi connectivity index (χ3n) is 4.31. The highest BCUT2D eigenvalue weighted by atomic mass is 16.6. The number of hydrogen-bond acceptors (Lipinski definition) is 4. The summed E-state index contributed by atoms with van der Waals surface area (Å²) < 4.78 is 11.2. The van der Waals surface area contributed by atoms with Gasteiger partial charge in [0.15, 0.2) is 5.54 Å². The summed E-state index contributed by atoms with van der Waals surface area (Å²) in [7, 11) is 0. The van der Waals surface area contributed by atoms with Gasteiger partial charge in [0, 0.05) is 17.5 Å². The van der Waals surface area contributed by atoms with E-state index in [-0.39, 0.29) is 12.6 Å². The minimum atomic E-state index is -1.55. The second-order valence-electron chi connectivity index (χ2n) is 7.72. The van der Waals surface area contributed by atoms with E-state index in [1.807, 2.05) is 0 Å². The third-order valence-corrected chi connectivity index (χ3v) is 4.31. The first-order valence-corrected chi connectivity index (χ1v) is 8.49. The Labute approximate surface area is 148 Å². The fourth-order valence-electron chi connectivity index (χ4n) is 3.38. The molecule has 0 saturated carbocycles. The molecule has 2 unspecified atom stereocenters.